The number of carboxylic acids is 1. The topological polar surface area (TPSA) is 95.5 Å². The van der Waals surface area contributed by atoms with Crippen LogP contribution >= 0.6 is 0 Å². The first-order valence-corrected chi connectivity index (χ1v) is 5.58. The Morgan fingerprint density at radius 1 is 1.37 bits per heavy atom. The Morgan fingerprint density at radius 3 is 2.47 bits per heavy atom. The molecule has 1 aliphatic rings. The minimum atomic E-state index is -4.53. The Morgan fingerprint density at radius 2 is 2.00 bits per heavy atom. The van der Waals surface area contributed by atoms with E-state index in [4.69, 9.17) is 5.11 Å². The zero-order valence-corrected chi connectivity index (χ0v) is 9.79. The number of carboxylic acid groups (broad SMARTS) is 1. The van der Waals surface area contributed by atoms with Crippen LogP contribution in [0.25, 0.3) is 0 Å². The minimum Gasteiger partial charge on any atom is -0.481 e. The normalized spacial score (nSPS) is 23.6. The van der Waals surface area contributed by atoms with E-state index in [0.29, 0.717) is 0 Å². The molecule has 6 nitrogen and oxygen atoms in total. The first kappa shape index (κ1) is 15.3. The predicted molar refractivity (Wildman–Crippen MR) is 56.0 cm³/mol. The highest BCUT2D eigenvalue weighted by atomic mass is 19.4. The third-order valence-corrected chi connectivity index (χ3v) is 2.73. The molecule has 2 amide bonds. The molecule has 1 fully saturated rings. The number of rotatable bonds is 4. The molecule has 1 rings (SSSR count). The lowest BCUT2D eigenvalue weighted by Crippen LogP contribution is -2.54. The smallest absolute Gasteiger partial charge is 0.408 e. The fraction of sp³-hybridized carbons (Fsp3) is 0.700. The van der Waals surface area contributed by atoms with Crippen molar-refractivity contribution < 1.29 is 32.7 Å². The molecule has 0 aliphatic carbocycles. The maximum Gasteiger partial charge on any atom is 0.408 e. The van der Waals surface area contributed by atoms with Gasteiger partial charge in [0.15, 0.2) is 0 Å². The van der Waals surface area contributed by atoms with Crippen LogP contribution in [0.2, 0.25) is 0 Å². The molecule has 2 atom stereocenters. The summed E-state index contributed by atoms with van der Waals surface area (Å²) < 4.78 is 37.1. The van der Waals surface area contributed by atoms with Crippen LogP contribution in [-0.4, -0.2) is 41.7 Å². The molecule has 9 heteroatoms. The minimum absolute atomic E-state index is 0.166. The number of hydrogen-bond acceptors (Lipinski definition) is 3. The van der Waals surface area contributed by atoms with Gasteiger partial charge >= 0.3 is 12.1 Å². The molecule has 19 heavy (non-hydrogen) atoms. The number of amides is 2. The number of alkyl halides is 3. The summed E-state index contributed by atoms with van der Waals surface area (Å²) in [6.45, 7) is -0.166. The van der Waals surface area contributed by atoms with Crippen LogP contribution in [0.3, 0.4) is 0 Å². The van der Waals surface area contributed by atoms with Crippen LogP contribution in [-0.2, 0) is 14.4 Å². The first-order valence-electron chi connectivity index (χ1n) is 5.58. The van der Waals surface area contributed by atoms with E-state index < -0.39 is 35.9 Å². The second-order valence-corrected chi connectivity index (χ2v) is 4.17. The van der Waals surface area contributed by atoms with Crippen molar-refractivity contribution in [1.29, 1.82) is 0 Å². The van der Waals surface area contributed by atoms with E-state index in [2.05, 4.69) is 5.32 Å². The number of piperidine rings is 1. The van der Waals surface area contributed by atoms with Crippen molar-refractivity contribution in [2.24, 2.45) is 5.92 Å². The number of nitrogens with one attached hydrogen (secondary N) is 2. The highest BCUT2D eigenvalue weighted by Crippen LogP contribution is 2.28. The van der Waals surface area contributed by atoms with Gasteiger partial charge in [-0.1, -0.05) is 0 Å². The molecule has 0 aromatic heterocycles. The van der Waals surface area contributed by atoms with Gasteiger partial charge in [0.25, 0.3) is 0 Å². The van der Waals surface area contributed by atoms with Crippen LogP contribution < -0.4 is 10.6 Å². The van der Waals surface area contributed by atoms with Crippen LogP contribution in [0.1, 0.15) is 19.3 Å². The molecule has 0 spiro atoms. The first-order chi connectivity index (χ1) is 8.71. The van der Waals surface area contributed by atoms with Crippen molar-refractivity contribution in [3.05, 3.63) is 0 Å². The van der Waals surface area contributed by atoms with Crippen molar-refractivity contribution in [3.8, 4) is 0 Å². The summed E-state index contributed by atoms with van der Waals surface area (Å²) in [6, 6.07) is -1.93. The fourth-order valence-corrected chi connectivity index (χ4v) is 1.72. The van der Waals surface area contributed by atoms with Gasteiger partial charge in [0.2, 0.25) is 11.8 Å². The van der Waals surface area contributed by atoms with E-state index in [1.165, 1.54) is 0 Å². The molecule has 0 bridgehead atoms. The van der Waals surface area contributed by atoms with Gasteiger partial charge < -0.3 is 15.7 Å². The highest BCUT2D eigenvalue weighted by molar-refractivity contribution is 6.00. The summed E-state index contributed by atoms with van der Waals surface area (Å²) in [6.07, 6.45) is -5.42. The van der Waals surface area contributed by atoms with Gasteiger partial charge in [-0.25, -0.2) is 0 Å². The van der Waals surface area contributed by atoms with Gasteiger partial charge in [-0.3, -0.25) is 14.4 Å². The lowest BCUT2D eigenvalue weighted by atomic mass is 9.93. The lowest BCUT2D eigenvalue weighted by Gasteiger charge is -2.29. The Labute approximate surface area is 106 Å². The predicted octanol–water partition coefficient (Wildman–Crippen LogP) is 0.0344. The van der Waals surface area contributed by atoms with E-state index in [1.807, 2.05) is 0 Å². The molecule has 2 unspecified atom stereocenters. The molecule has 3 N–H and O–H groups in total. The molecule has 1 heterocycles. The van der Waals surface area contributed by atoms with Crippen molar-refractivity contribution in [2.75, 3.05) is 6.54 Å². The maximum atomic E-state index is 12.4. The van der Waals surface area contributed by atoms with Crippen molar-refractivity contribution in [2.45, 2.75) is 31.5 Å². The maximum absolute atomic E-state index is 12.4. The van der Waals surface area contributed by atoms with Crippen LogP contribution in [0.4, 0.5) is 13.2 Å². The number of hydrogen-bond donors (Lipinski definition) is 3. The second kappa shape index (κ2) is 5.89. The Kier molecular flexibility index (Phi) is 4.73. The summed E-state index contributed by atoms with van der Waals surface area (Å²) in [5, 5.41) is 12.3. The average molecular weight is 282 g/mol. The quantitative estimate of drug-likeness (QED) is 0.634. The Balaban J connectivity index is 2.47. The molecular formula is C10H13F3N2O4. The summed E-state index contributed by atoms with van der Waals surface area (Å²) in [4.78, 5) is 33.1. The van der Waals surface area contributed by atoms with E-state index in [9.17, 15) is 27.6 Å². The Hall–Kier alpha value is -1.80. The molecule has 0 aromatic rings. The van der Waals surface area contributed by atoms with Gasteiger partial charge in [-0.05, 0) is 12.8 Å². The van der Waals surface area contributed by atoms with E-state index in [-0.39, 0.29) is 25.8 Å². The molecule has 0 radical (unpaired) electrons. The highest BCUT2D eigenvalue weighted by Gasteiger charge is 2.45. The van der Waals surface area contributed by atoms with Crippen molar-refractivity contribution >= 4 is 17.8 Å². The summed E-state index contributed by atoms with van der Waals surface area (Å²) in [5.41, 5.74) is 0. The molecule has 1 aliphatic heterocycles. The Bertz CT molecular complexity index is 383. The molecule has 0 saturated carbocycles. The van der Waals surface area contributed by atoms with Crippen LogP contribution in [0.15, 0.2) is 0 Å². The SMILES string of the molecule is O=C(O)CCNC(=O)C1CCC(C(F)(F)F)NC1=O. The van der Waals surface area contributed by atoms with Gasteiger partial charge in [0, 0.05) is 6.54 Å². The molecule has 1 saturated heterocycles. The fourth-order valence-electron chi connectivity index (χ4n) is 1.72. The van der Waals surface area contributed by atoms with Crippen molar-refractivity contribution in [1.82, 2.24) is 10.6 Å². The van der Waals surface area contributed by atoms with Gasteiger partial charge in [-0.2, -0.15) is 13.2 Å². The zero-order chi connectivity index (χ0) is 14.6. The van der Waals surface area contributed by atoms with E-state index in [0.717, 1.165) is 0 Å². The third-order valence-electron chi connectivity index (χ3n) is 2.73. The van der Waals surface area contributed by atoms with Gasteiger partial charge in [0.05, 0.1) is 6.42 Å². The largest absolute Gasteiger partial charge is 0.481 e. The van der Waals surface area contributed by atoms with Crippen LogP contribution in [0, 0.1) is 5.92 Å². The molecular weight excluding hydrogens is 269 g/mol. The average Bonchev–Trinajstić information content (AvgIpc) is 2.26. The third kappa shape index (κ3) is 4.42. The number of halogens is 3. The molecule has 0 aromatic carbocycles. The molecule has 108 valence electrons. The summed E-state index contributed by atoms with van der Waals surface area (Å²) in [5.74, 6) is -4.06. The number of aliphatic carboxylic acids is 1. The lowest BCUT2D eigenvalue weighted by molar-refractivity contribution is -0.171. The van der Waals surface area contributed by atoms with Crippen LogP contribution in [0.5, 0.6) is 0 Å². The second-order valence-electron chi connectivity index (χ2n) is 4.17. The van der Waals surface area contributed by atoms with Gasteiger partial charge in [0.1, 0.15) is 12.0 Å². The monoisotopic (exact) mass is 282 g/mol. The number of carbonyl (C=O) groups excluding carboxylic acids is 2. The van der Waals surface area contributed by atoms with Crippen molar-refractivity contribution in [3.63, 3.8) is 0 Å². The van der Waals surface area contributed by atoms with E-state index >= 15 is 0 Å². The standard InChI is InChI=1S/C10H13F3N2O4/c11-10(12,13)6-2-1-5(9(19)15-6)8(18)14-4-3-7(16)17/h5-6H,1-4H2,(H,14,18)(H,15,19)(H,16,17). The summed E-state index contributed by atoms with van der Waals surface area (Å²) >= 11 is 0. The summed E-state index contributed by atoms with van der Waals surface area (Å²) in [7, 11) is 0. The number of carbonyl (C=O) groups is 3. The van der Waals surface area contributed by atoms with Gasteiger partial charge in [-0.15, -0.1) is 0 Å². The zero-order valence-electron chi connectivity index (χ0n) is 9.79. The van der Waals surface area contributed by atoms with E-state index in [1.54, 1.807) is 5.32 Å².